The summed E-state index contributed by atoms with van der Waals surface area (Å²) in [5.74, 6) is 0.412. The number of hydrogen-bond donors (Lipinski definition) is 2. The molecule has 3 atom stereocenters. The molecule has 2 fully saturated rings. The number of aromatic nitrogens is 3. The molecule has 4 amide bonds. The van der Waals surface area contributed by atoms with Gasteiger partial charge in [0, 0.05) is 92.2 Å². The van der Waals surface area contributed by atoms with Crippen LogP contribution in [0.1, 0.15) is 118 Å². The topological polar surface area (TPSA) is 200 Å². The zero-order valence-corrected chi connectivity index (χ0v) is 52.6. The number of fused-ring (bicyclic) bond motifs is 8. The van der Waals surface area contributed by atoms with Crippen molar-refractivity contribution in [2.75, 3.05) is 96.5 Å². The average Bonchev–Trinajstić information content (AvgIpc) is 1.57. The number of rotatable bonds is 19. The van der Waals surface area contributed by atoms with Crippen molar-refractivity contribution in [3.8, 4) is 22.9 Å². The Labute approximate surface area is 520 Å². The molecule has 0 aliphatic carbocycles. The number of nitrogens with zero attached hydrogens (tertiary/aromatic N) is 10. The van der Waals surface area contributed by atoms with Crippen LogP contribution in [0, 0.1) is 17.1 Å². The van der Waals surface area contributed by atoms with E-state index in [2.05, 4.69) is 70.8 Å². The van der Waals surface area contributed by atoms with Crippen molar-refractivity contribution in [3.63, 3.8) is 0 Å². The molecule has 0 saturated carbocycles. The largest absolute Gasteiger partial charge is 0.493 e. The highest BCUT2D eigenvalue weighted by Crippen LogP contribution is 2.53. The number of ether oxygens (including phenoxy) is 3. The van der Waals surface area contributed by atoms with E-state index in [1.807, 2.05) is 79.1 Å². The minimum atomic E-state index is -1.13. The van der Waals surface area contributed by atoms with Gasteiger partial charge in [0.05, 0.1) is 69.1 Å². The third kappa shape index (κ3) is 13.5. The monoisotopic (exact) mass is 1220 g/mol. The molecule has 3 N–H and O–H groups in total. The number of allylic oxidation sites excluding steroid dienone is 3. The Bertz CT molecular complexity index is 3530. The molecular formula is C66H79Cl2FN12O6. The molecule has 0 radical (unpaired) electrons. The normalized spacial score (nSPS) is 20.0. The van der Waals surface area contributed by atoms with Gasteiger partial charge in [-0.25, -0.2) is 14.2 Å². The van der Waals surface area contributed by atoms with Crippen LogP contribution in [0.2, 0.25) is 5.02 Å². The molecule has 4 aliphatic heterocycles. The summed E-state index contributed by atoms with van der Waals surface area (Å²) in [5.41, 5.74) is 10.9. The van der Waals surface area contributed by atoms with Crippen molar-refractivity contribution in [2.45, 2.75) is 103 Å². The number of piperazine rings is 1. The van der Waals surface area contributed by atoms with Crippen molar-refractivity contribution in [1.29, 1.82) is 5.26 Å². The third-order valence-electron chi connectivity index (χ3n) is 17.1. The van der Waals surface area contributed by atoms with Crippen molar-refractivity contribution in [3.05, 3.63) is 158 Å². The van der Waals surface area contributed by atoms with E-state index in [9.17, 15) is 19.2 Å². The highest BCUT2D eigenvalue weighted by molar-refractivity contribution is 6.30. The van der Waals surface area contributed by atoms with Crippen LogP contribution in [-0.4, -0.2) is 149 Å². The van der Waals surface area contributed by atoms with E-state index in [1.54, 1.807) is 30.9 Å². The van der Waals surface area contributed by atoms with Crippen LogP contribution in [0.15, 0.2) is 113 Å². The zero-order valence-electron chi connectivity index (χ0n) is 51.1. The summed E-state index contributed by atoms with van der Waals surface area (Å²) in [7, 11) is 1.66. The lowest BCUT2D eigenvalue weighted by atomic mass is 9.70. The van der Waals surface area contributed by atoms with Crippen molar-refractivity contribution < 1.29 is 33.0 Å². The second-order valence-corrected chi connectivity index (χ2v) is 24.7. The molecule has 9 rings (SSSR count). The summed E-state index contributed by atoms with van der Waals surface area (Å²) in [6, 6.07) is 21.6. The fourth-order valence-corrected chi connectivity index (χ4v) is 12.4. The van der Waals surface area contributed by atoms with Gasteiger partial charge in [-0.05, 0) is 123 Å². The summed E-state index contributed by atoms with van der Waals surface area (Å²) in [5, 5.41) is 19.1. The predicted molar refractivity (Wildman–Crippen MR) is 339 cm³/mol. The van der Waals surface area contributed by atoms with E-state index in [0.717, 1.165) is 23.1 Å². The number of nitrogen functional groups attached to an aromatic ring is 1. The molecule has 21 heteroatoms. The van der Waals surface area contributed by atoms with Crippen LogP contribution >= 0.6 is 23.2 Å². The average molecular weight is 1230 g/mol. The Kier molecular flexibility index (Phi) is 20.0. The van der Waals surface area contributed by atoms with E-state index in [-0.39, 0.29) is 80.1 Å². The van der Waals surface area contributed by atoms with E-state index in [0.29, 0.717) is 126 Å². The predicted octanol–water partition coefficient (Wildman–Crippen LogP) is 10.8. The number of carbonyl (C=O) groups is 3. The Morgan fingerprint density at radius 3 is 2.38 bits per heavy atom. The Morgan fingerprint density at radius 2 is 1.69 bits per heavy atom. The van der Waals surface area contributed by atoms with E-state index in [4.69, 9.17) is 48.1 Å². The highest BCUT2D eigenvalue weighted by Gasteiger charge is 2.60. The van der Waals surface area contributed by atoms with Crippen molar-refractivity contribution in [1.82, 2.24) is 39.7 Å². The second-order valence-electron chi connectivity index (χ2n) is 23.7. The second kappa shape index (κ2) is 27.2. The van der Waals surface area contributed by atoms with Gasteiger partial charge in [0.1, 0.15) is 40.4 Å². The molecule has 87 heavy (non-hydrogen) atoms. The molecule has 2 aromatic heterocycles. The van der Waals surface area contributed by atoms with Gasteiger partial charge in [0.2, 0.25) is 5.91 Å². The number of nitrogens with two attached hydrogens (primary N) is 1. The van der Waals surface area contributed by atoms with E-state index < -0.39 is 16.9 Å². The first-order chi connectivity index (χ1) is 41.6. The maximum absolute atomic E-state index is 15.6. The lowest BCUT2D eigenvalue weighted by Crippen LogP contribution is -2.63. The first-order valence-corrected chi connectivity index (χ1v) is 30.5. The summed E-state index contributed by atoms with van der Waals surface area (Å²) >= 11 is 12.9. The van der Waals surface area contributed by atoms with E-state index in [1.165, 1.54) is 23.1 Å². The van der Waals surface area contributed by atoms with Crippen LogP contribution in [0.5, 0.6) is 5.75 Å². The number of carbonyl (C=O) groups excluding carboxylic acids is 3. The third-order valence-corrected chi connectivity index (χ3v) is 17.5. The standard InChI is InChI=1S/C66H79Cl2FN12O6/c1-10-45(15-14-43(3)67)66(8)65(7,46-16-19-48(68)20-17-46)74-61(51-22-18-47(64(4,5)6)38-57(51)87-11-2)81(66)63(84)78-30-28-77(29-31-78)32-34-86-36-35-85-33-24-58(82)72-25-27-80-56-42-76(9)62(83)50-23-21-49(69)39-52(50)54-13-12-26-79(54)55-37-44(41-73-60(55)71)59(56)53(40-70)75-80/h10,14-23,37-39,41,54H,1,11-13,24-36,42H2,2-9H3,(H2,71,73)(H,72,82)/b43-14+,45-15+/t54-,65+,66-/m1/s1. The van der Waals surface area contributed by atoms with Gasteiger partial charge < -0.3 is 40.0 Å². The van der Waals surface area contributed by atoms with Gasteiger partial charge in [0.15, 0.2) is 5.69 Å². The summed E-state index contributed by atoms with van der Waals surface area (Å²) in [4.78, 5) is 62.6. The van der Waals surface area contributed by atoms with Gasteiger partial charge in [-0.3, -0.25) is 29.1 Å². The zero-order chi connectivity index (χ0) is 62.4. The number of pyridine rings is 1. The number of amides is 4. The first-order valence-electron chi connectivity index (χ1n) is 29.7. The minimum absolute atomic E-state index is 0.0619. The number of halogens is 3. The van der Waals surface area contributed by atoms with Gasteiger partial charge in [-0.1, -0.05) is 80.9 Å². The molecule has 6 heterocycles. The maximum atomic E-state index is 15.6. The van der Waals surface area contributed by atoms with Crippen molar-refractivity contribution >= 4 is 58.4 Å². The highest BCUT2D eigenvalue weighted by atomic mass is 35.5. The molecule has 2 saturated heterocycles. The van der Waals surface area contributed by atoms with Crippen LogP contribution in [0.25, 0.3) is 11.1 Å². The summed E-state index contributed by atoms with van der Waals surface area (Å²) in [6.45, 7) is 24.1. The summed E-state index contributed by atoms with van der Waals surface area (Å²) < 4.78 is 34.6. The van der Waals surface area contributed by atoms with Crippen LogP contribution in [-0.2, 0) is 38.3 Å². The maximum Gasteiger partial charge on any atom is 0.326 e. The molecule has 460 valence electrons. The molecule has 2 bridgehead atoms. The molecule has 0 unspecified atom stereocenters. The smallest absolute Gasteiger partial charge is 0.326 e. The number of benzene rings is 3. The Morgan fingerprint density at radius 1 is 0.966 bits per heavy atom. The van der Waals surface area contributed by atoms with Gasteiger partial charge >= 0.3 is 6.03 Å². The van der Waals surface area contributed by atoms with Crippen molar-refractivity contribution in [2.24, 2.45) is 4.99 Å². The minimum Gasteiger partial charge on any atom is -0.493 e. The number of nitriles is 1. The molecular weight excluding hydrogens is 1150 g/mol. The molecule has 4 aliphatic rings. The summed E-state index contributed by atoms with van der Waals surface area (Å²) in [6.07, 6.45) is 8.70. The molecule has 0 spiro atoms. The van der Waals surface area contributed by atoms with Gasteiger partial charge in [-0.15, -0.1) is 0 Å². The van der Waals surface area contributed by atoms with Crippen LogP contribution < -0.4 is 20.7 Å². The molecule has 18 nitrogen and oxygen atoms in total. The molecule has 5 aromatic rings. The fraction of sp³-hybridized carbons (Fsp3) is 0.439. The lowest BCUT2D eigenvalue weighted by molar-refractivity contribution is -0.122. The first kappa shape index (κ1) is 63.9. The van der Waals surface area contributed by atoms with Gasteiger partial charge in [0.25, 0.3) is 5.91 Å². The fourth-order valence-electron chi connectivity index (χ4n) is 12.2. The Hall–Kier alpha value is -7.60. The number of nitrogens with one attached hydrogen (secondary N) is 1. The lowest BCUT2D eigenvalue weighted by Gasteiger charge is -2.48. The quantitative estimate of drug-likeness (QED) is 0.0586. The number of hydrogen-bond acceptors (Lipinski definition) is 13. The number of aliphatic imine (C=N–C) groups is 1. The Balaban J connectivity index is 0.787. The number of amidine groups is 1. The number of anilines is 2. The van der Waals surface area contributed by atoms with Crippen LogP contribution in [0.3, 0.4) is 0 Å². The van der Waals surface area contributed by atoms with Crippen LogP contribution in [0.4, 0.5) is 20.7 Å². The molecule has 3 aromatic carbocycles. The van der Waals surface area contributed by atoms with Gasteiger partial charge in [-0.2, -0.15) is 10.4 Å². The number of urea groups is 1. The SMILES string of the molecule is C=C/C(=C\C=C(/C)Cl)[C@@]1(C)N(C(=O)N2CCN(CCOCCOCCC(=O)NCCn3nc(C#N)c4c3CN(C)C(=O)c3ccc(F)cc3[C@H]3CCCN3c3cc-4cnc3N)CC2)C(c2ccc(C(C)(C)C)cc2OCC)=N[C@@]1(C)c1ccc(Cl)cc1. The van der Waals surface area contributed by atoms with E-state index >= 15 is 4.79 Å².